The van der Waals surface area contributed by atoms with Gasteiger partial charge in [0.05, 0.1) is 30.3 Å². The smallest absolute Gasteiger partial charge is 0.261 e. The Kier molecular flexibility index (Phi) is 3.75. The van der Waals surface area contributed by atoms with Gasteiger partial charge in [0, 0.05) is 18.2 Å². The number of para-hydroxylation sites is 1. The Hall–Kier alpha value is -3.81. The van der Waals surface area contributed by atoms with E-state index in [-0.39, 0.29) is 17.0 Å². The summed E-state index contributed by atoms with van der Waals surface area (Å²) in [5, 5.41) is 7.61. The summed E-state index contributed by atoms with van der Waals surface area (Å²) in [4.78, 5) is 27.9. The lowest BCUT2D eigenvalue weighted by molar-refractivity contribution is 0.102. The van der Waals surface area contributed by atoms with E-state index >= 15 is 0 Å². The molecular formula is C20H16N4O4. The van der Waals surface area contributed by atoms with Crippen molar-refractivity contribution < 1.29 is 14.3 Å². The predicted octanol–water partition coefficient (Wildman–Crippen LogP) is 2.59. The number of nitrogens with one attached hydrogen (secondary N) is 2. The first kappa shape index (κ1) is 16.4. The number of hydrogen-bond donors (Lipinski definition) is 2. The van der Waals surface area contributed by atoms with Crippen molar-refractivity contribution in [3.8, 4) is 11.5 Å². The third-order valence-electron chi connectivity index (χ3n) is 4.63. The zero-order chi connectivity index (χ0) is 19.1. The van der Waals surface area contributed by atoms with Crippen molar-refractivity contribution >= 4 is 28.1 Å². The summed E-state index contributed by atoms with van der Waals surface area (Å²) in [6.07, 6.45) is 2.25. The minimum Gasteiger partial charge on any atom is -0.490 e. The van der Waals surface area contributed by atoms with E-state index in [1.54, 1.807) is 40.9 Å². The number of aromatic amines is 1. The maximum atomic E-state index is 12.8. The molecule has 140 valence electrons. The number of nitrogens with zero attached hydrogens (tertiary/aromatic N) is 2. The van der Waals surface area contributed by atoms with Crippen LogP contribution in [0.5, 0.6) is 11.5 Å². The van der Waals surface area contributed by atoms with Crippen LogP contribution in [-0.4, -0.2) is 33.7 Å². The first-order valence-corrected chi connectivity index (χ1v) is 8.90. The summed E-state index contributed by atoms with van der Waals surface area (Å²) >= 11 is 0. The molecule has 0 atom stereocenters. The van der Waals surface area contributed by atoms with E-state index in [1.165, 1.54) is 6.20 Å². The van der Waals surface area contributed by atoms with Crippen molar-refractivity contribution in [2.45, 2.75) is 6.42 Å². The lowest BCUT2D eigenvalue weighted by Crippen LogP contribution is -2.15. The summed E-state index contributed by atoms with van der Waals surface area (Å²) in [5.74, 6) is 0.868. The van der Waals surface area contributed by atoms with Crippen LogP contribution in [0.4, 0.5) is 5.69 Å². The summed E-state index contributed by atoms with van der Waals surface area (Å²) in [7, 11) is 0. The lowest BCUT2D eigenvalue weighted by Gasteiger charge is -2.10. The molecule has 1 aliphatic heterocycles. The lowest BCUT2D eigenvalue weighted by atomic mass is 10.2. The van der Waals surface area contributed by atoms with Crippen molar-refractivity contribution in [2.75, 3.05) is 18.5 Å². The van der Waals surface area contributed by atoms with Crippen molar-refractivity contribution in [1.29, 1.82) is 0 Å². The Morgan fingerprint density at radius 1 is 1.11 bits per heavy atom. The van der Waals surface area contributed by atoms with Crippen LogP contribution in [0.1, 0.15) is 16.8 Å². The van der Waals surface area contributed by atoms with Crippen LogP contribution in [0.25, 0.3) is 16.6 Å². The molecular weight excluding hydrogens is 360 g/mol. The number of H-pyrrole nitrogens is 1. The fourth-order valence-corrected chi connectivity index (χ4v) is 3.28. The van der Waals surface area contributed by atoms with E-state index < -0.39 is 0 Å². The Morgan fingerprint density at radius 2 is 1.93 bits per heavy atom. The molecule has 0 aliphatic carbocycles. The van der Waals surface area contributed by atoms with Crippen LogP contribution in [-0.2, 0) is 0 Å². The molecule has 8 nitrogen and oxygen atoms in total. The highest BCUT2D eigenvalue weighted by Crippen LogP contribution is 2.32. The van der Waals surface area contributed by atoms with Gasteiger partial charge in [0.2, 0.25) is 0 Å². The van der Waals surface area contributed by atoms with Crippen LogP contribution in [0.3, 0.4) is 0 Å². The van der Waals surface area contributed by atoms with Crippen LogP contribution in [0.15, 0.2) is 53.5 Å². The third kappa shape index (κ3) is 2.66. The molecule has 0 bridgehead atoms. The largest absolute Gasteiger partial charge is 0.490 e. The fraction of sp³-hybridized carbons (Fsp3) is 0.150. The first-order valence-electron chi connectivity index (χ1n) is 8.90. The van der Waals surface area contributed by atoms with Gasteiger partial charge in [0.25, 0.3) is 11.5 Å². The quantitative estimate of drug-likeness (QED) is 0.560. The van der Waals surface area contributed by atoms with Gasteiger partial charge in [0.15, 0.2) is 11.5 Å². The molecule has 0 radical (unpaired) electrons. The van der Waals surface area contributed by atoms with Gasteiger partial charge in [0.1, 0.15) is 11.2 Å². The number of amides is 1. The average Bonchev–Trinajstić information content (AvgIpc) is 2.99. The highest BCUT2D eigenvalue weighted by atomic mass is 16.5. The molecule has 2 aromatic heterocycles. The number of fused-ring (bicyclic) bond motifs is 4. The minimum absolute atomic E-state index is 0.270. The van der Waals surface area contributed by atoms with Gasteiger partial charge >= 0.3 is 0 Å². The van der Waals surface area contributed by atoms with Crippen molar-refractivity contribution in [1.82, 2.24) is 14.6 Å². The van der Waals surface area contributed by atoms with Crippen molar-refractivity contribution in [3.63, 3.8) is 0 Å². The van der Waals surface area contributed by atoms with Gasteiger partial charge in [-0.3, -0.25) is 9.59 Å². The zero-order valence-electron chi connectivity index (χ0n) is 14.8. The molecule has 4 aromatic rings. The molecule has 5 rings (SSSR count). The van der Waals surface area contributed by atoms with E-state index in [0.717, 1.165) is 6.42 Å². The van der Waals surface area contributed by atoms with Gasteiger partial charge in [-0.2, -0.15) is 5.10 Å². The number of carbonyl (C=O) groups excluding carboxylic acids is 1. The van der Waals surface area contributed by atoms with Crippen LogP contribution in [0.2, 0.25) is 0 Å². The molecule has 0 fully saturated rings. The number of benzene rings is 2. The van der Waals surface area contributed by atoms with Crippen molar-refractivity contribution in [2.24, 2.45) is 0 Å². The second-order valence-electron chi connectivity index (χ2n) is 6.46. The number of rotatable bonds is 2. The third-order valence-corrected chi connectivity index (χ3v) is 4.63. The van der Waals surface area contributed by atoms with Crippen LogP contribution < -0.4 is 20.3 Å². The van der Waals surface area contributed by atoms with E-state index in [1.807, 2.05) is 6.07 Å². The number of hydrogen-bond acceptors (Lipinski definition) is 5. The molecule has 2 aromatic carbocycles. The summed E-state index contributed by atoms with van der Waals surface area (Å²) in [5.41, 5.74) is 1.55. The van der Waals surface area contributed by atoms with Gasteiger partial charge in [-0.05, 0) is 24.3 Å². The number of carbonyl (C=O) groups is 1. The Balaban J connectivity index is 1.51. The molecule has 1 aliphatic rings. The van der Waals surface area contributed by atoms with Crippen LogP contribution in [0, 0.1) is 0 Å². The molecule has 2 N–H and O–H groups in total. The van der Waals surface area contributed by atoms with Gasteiger partial charge in [-0.15, -0.1) is 0 Å². The molecule has 1 amide bonds. The average molecular weight is 376 g/mol. The molecule has 0 spiro atoms. The zero-order valence-corrected chi connectivity index (χ0v) is 14.8. The number of ether oxygens (including phenoxy) is 2. The summed E-state index contributed by atoms with van der Waals surface area (Å²) in [6, 6.07) is 12.3. The van der Waals surface area contributed by atoms with E-state index in [0.29, 0.717) is 47.0 Å². The van der Waals surface area contributed by atoms with Gasteiger partial charge in [-0.25, -0.2) is 4.52 Å². The molecule has 3 heterocycles. The van der Waals surface area contributed by atoms with E-state index in [9.17, 15) is 9.59 Å². The predicted molar refractivity (Wildman–Crippen MR) is 103 cm³/mol. The van der Waals surface area contributed by atoms with Crippen molar-refractivity contribution in [3.05, 3.63) is 64.6 Å². The highest BCUT2D eigenvalue weighted by Gasteiger charge is 2.17. The highest BCUT2D eigenvalue weighted by molar-refractivity contribution is 6.08. The molecule has 8 heteroatoms. The topological polar surface area (TPSA) is 97.7 Å². The SMILES string of the molecule is O=C(Nc1ccc2c(c1)OCCCO2)c1cnn2c1[nH]c(=O)c1ccccc12. The van der Waals surface area contributed by atoms with E-state index in [4.69, 9.17) is 9.47 Å². The first-order chi connectivity index (χ1) is 13.7. The maximum absolute atomic E-state index is 12.8. The van der Waals surface area contributed by atoms with Gasteiger partial charge in [-0.1, -0.05) is 12.1 Å². The Bertz CT molecular complexity index is 1270. The molecule has 0 saturated carbocycles. The van der Waals surface area contributed by atoms with Gasteiger partial charge < -0.3 is 19.8 Å². The summed E-state index contributed by atoms with van der Waals surface area (Å²) < 4.78 is 12.8. The molecule has 0 unspecified atom stereocenters. The Morgan fingerprint density at radius 3 is 2.82 bits per heavy atom. The maximum Gasteiger partial charge on any atom is 0.261 e. The summed E-state index contributed by atoms with van der Waals surface area (Å²) in [6.45, 7) is 1.16. The standard InChI is InChI=1S/C20H16N4O4/c25-19-13-4-1-2-5-15(13)24-18(23-19)14(11-21-24)20(26)22-12-6-7-16-17(10-12)28-9-3-8-27-16/h1-2,4-7,10-11H,3,8-9H2,(H,22,26)(H,23,25). The molecule has 0 saturated heterocycles. The number of aromatic nitrogens is 3. The minimum atomic E-state index is -0.379. The molecule has 28 heavy (non-hydrogen) atoms. The normalized spacial score (nSPS) is 13.4. The van der Waals surface area contributed by atoms with Crippen LogP contribution >= 0.6 is 0 Å². The van der Waals surface area contributed by atoms with E-state index in [2.05, 4.69) is 15.4 Å². The Labute approximate surface area is 158 Å². The second kappa shape index (κ2) is 6.41. The monoisotopic (exact) mass is 376 g/mol. The second-order valence-corrected chi connectivity index (χ2v) is 6.46. The number of anilines is 1. The fourth-order valence-electron chi connectivity index (χ4n) is 3.28.